The molecular weight excluding hydrogens is 138 g/mol. The van der Waals surface area contributed by atoms with E-state index in [0.29, 0.717) is 11.3 Å². The Labute approximate surface area is 68.7 Å². The van der Waals surface area contributed by atoms with Gasteiger partial charge in [-0.2, -0.15) is 0 Å². The molecular formula is C9H17NO. The van der Waals surface area contributed by atoms with Gasteiger partial charge in [0.1, 0.15) is 0 Å². The van der Waals surface area contributed by atoms with Gasteiger partial charge in [-0.05, 0) is 11.3 Å². The van der Waals surface area contributed by atoms with E-state index in [-0.39, 0.29) is 0 Å². The fraction of sp³-hybridized carbons (Fsp3) is 0.889. The normalized spacial score (nSPS) is 25.1. The molecule has 64 valence electrons. The van der Waals surface area contributed by atoms with E-state index in [1.807, 2.05) is 0 Å². The SMILES string of the molecule is COC1=NCC(C(C)(C)C)C1. The van der Waals surface area contributed by atoms with Crippen molar-refractivity contribution in [3.8, 4) is 0 Å². The van der Waals surface area contributed by atoms with Crippen LogP contribution in [0.25, 0.3) is 0 Å². The molecule has 0 N–H and O–H groups in total. The molecule has 0 fully saturated rings. The highest BCUT2D eigenvalue weighted by atomic mass is 16.5. The van der Waals surface area contributed by atoms with Crippen LogP contribution >= 0.6 is 0 Å². The first-order valence-corrected chi connectivity index (χ1v) is 4.11. The van der Waals surface area contributed by atoms with Gasteiger partial charge in [0, 0.05) is 13.0 Å². The molecule has 2 heteroatoms. The van der Waals surface area contributed by atoms with Crippen LogP contribution in [0, 0.1) is 11.3 Å². The monoisotopic (exact) mass is 155 g/mol. The summed E-state index contributed by atoms with van der Waals surface area (Å²) in [5, 5.41) is 0. The summed E-state index contributed by atoms with van der Waals surface area (Å²) in [5.74, 6) is 1.59. The van der Waals surface area contributed by atoms with Crippen LogP contribution in [0.2, 0.25) is 0 Å². The third-order valence-corrected chi connectivity index (χ3v) is 2.37. The van der Waals surface area contributed by atoms with E-state index in [4.69, 9.17) is 4.74 Å². The lowest BCUT2D eigenvalue weighted by Gasteiger charge is -2.25. The van der Waals surface area contributed by atoms with E-state index in [1.165, 1.54) is 0 Å². The molecule has 0 aromatic rings. The molecule has 0 radical (unpaired) electrons. The minimum Gasteiger partial charge on any atom is -0.484 e. The predicted molar refractivity (Wildman–Crippen MR) is 46.9 cm³/mol. The molecule has 0 amide bonds. The van der Waals surface area contributed by atoms with Crippen LogP contribution in [0.1, 0.15) is 27.2 Å². The highest BCUT2D eigenvalue weighted by Gasteiger charge is 2.29. The Morgan fingerprint density at radius 2 is 2.09 bits per heavy atom. The first kappa shape index (κ1) is 8.57. The Hall–Kier alpha value is -0.530. The van der Waals surface area contributed by atoms with Gasteiger partial charge in [-0.1, -0.05) is 20.8 Å². The number of aliphatic imine (C=N–C) groups is 1. The van der Waals surface area contributed by atoms with E-state index < -0.39 is 0 Å². The first-order valence-electron chi connectivity index (χ1n) is 4.11. The minimum atomic E-state index is 0.365. The second kappa shape index (κ2) is 2.84. The lowest BCUT2D eigenvalue weighted by Crippen LogP contribution is -2.21. The quantitative estimate of drug-likeness (QED) is 0.525. The fourth-order valence-electron chi connectivity index (χ4n) is 1.28. The van der Waals surface area contributed by atoms with Crippen molar-refractivity contribution in [2.45, 2.75) is 27.2 Å². The third-order valence-electron chi connectivity index (χ3n) is 2.37. The van der Waals surface area contributed by atoms with Crippen LogP contribution in [-0.4, -0.2) is 19.6 Å². The zero-order chi connectivity index (χ0) is 8.48. The second-order valence-electron chi connectivity index (χ2n) is 4.21. The molecule has 1 heterocycles. The molecule has 1 aliphatic heterocycles. The van der Waals surface area contributed by atoms with Gasteiger partial charge in [0.2, 0.25) is 0 Å². The lowest BCUT2D eigenvalue weighted by molar-refractivity contribution is 0.259. The van der Waals surface area contributed by atoms with Gasteiger partial charge in [-0.15, -0.1) is 0 Å². The highest BCUT2D eigenvalue weighted by molar-refractivity contribution is 5.78. The molecule has 0 aromatic carbocycles. The van der Waals surface area contributed by atoms with Crippen molar-refractivity contribution >= 4 is 5.90 Å². The maximum absolute atomic E-state index is 5.09. The largest absolute Gasteiger partial charge is 0.484 e. The summed E-state index contributed by atoms with van der Waals surface area (Å²) in [7, 11) is 1.70. The van der Waals surface area contributed by atoms with Gasteiger partial charge in [0.05, 0.1) is 7.11 Å². The maximum atomic E-state index is 5.09. The van der Waals surface area contributed by atoms with Crippen molar-refractivity contribution in [3.63, 3.8) is 0 Å². The van der Waals surface area contributed by atoms with E-state index in [9.17, 15) is 0 Å². The summed E-state index contributed by atoms with van der Waals surface area (Å²) in [5.41, 5.74) is 0.365. The molecule has 0 bridgehead atoms. The Balaban J connectivity index is 2.48. The topological polar surface area (TPSA) is 21.6 Å². The van der Waals surface area contributed by atoms with Crippen molar-refractivity contribution in [3.05, 3.63) is 0 Å². The predicted octanol–water partition coefficient (Wildman–Crippen LogP) is 2.10. The second-order valence-corrected chi connectivity index (χ2v) is 4.21. The van der Waals surface area contributed by atoms with Crippen LogP contribution in [0.3, 0.4) is 0 Å². The van der Waals surface area contributed by atoms with Crippen molar-refractivity contribution < 1.29 is 4.74 Å². The molecule has 1 unspecified atom stereocenters. The van der Waals surface area contributed by atoms with Crippen molar-refractivity contribution in [1.29, 1.82) is 0 Å². The van der Waals surface area contributed by atoms with E-state index >= 15 is 0 Å². The Morgan fingerprint density at radius 3 is 2.36 bits per heavy atom. The number of ether oxygens (including phenoxy) is 1. The van der Waals surface area contributed by atoms with Crippen molar-refractivity contribution in [2.75, 3.05) is 13.7 Å². The fourth-order valence-corrected chi connectivity index (χ4v) is 1.28. The van der Waals surface area contributed by atoms with Crippen molar-refractivity contribution in [1.82, 2.24) is 0 Å². The molecule has 1 aliphatic rings. The van der Waals surface area contributed by atoms with E-state index in [1.54, 1.807) is 7.11 Å². The molecule has 0 aromatic heterocycles. The number of rotatable bonds is 0. The zero-order valence-electron chi connectivity index (χ0n) is 7.85. The summed E-state index contributed by atoms with van der Waals surface area (Å²) in [6, 6.07) is 0. The smallest absolute Gasteiger partial charge is 0.183 e. The minimum absolute atomic E-state index is 0.365. The number of hydrogen-bond acceptors (Lipinski definition) is 2. The highest BCUT2D eigenvalue weighted by Crippen LogP contribution is 2.32. The van der Waals surface area contributed by atoms with Crippen LogP contribution in [0.4, 0.5) is 0 Å². The molecule has 2 nitrogen and oxygen atoms in total. The third kappa shape index (κ3) is 1.95. The van der Waals surface area contributed by atoms with Crippen LogP contribution < -0.4 is 0 Å². The summed E-state index contributed by atoms with van der Waals surface area (Å²) < 4.78 is 5.09. The molecule has 1 rings (SSSR count). The standard InChI is InChI=1S/C9H17NO/c1-9(2,3)7-5-8(11-4)10-6-7/h7H,5-6H2,1-4H3. The zero-order valence-corrected chi connectivity index (χ0v) is 7.85. The molecule has 0 saturated carbocycles. The van der Waals surface area contributed by atoms with Gasteiger partial charge in [0.15, 0.2) is 5.90 Å². The average molecular weight is 155 g/mol. The summed E-state index contributed by atoms with van der Waals surface area (Å²) >= 11 is 0. The van der Waals surface area contributed by atoms with Crippen molar-refractivity contribution in [2.24, 2.45) is 16.3 Å². The van der Waals surface area contributed by atoms with Gasteiger partial charge in [-0.3, -0.25) is 4.99 Å². The summed E-state index contributed by atoms with van der Waals surface area (Å²) in [6.07, 6.45) is 1.01. The Morgan fingerprint density at radius 1 is 1.45 bits per heavy atom. The van der Waals surface area contributed by atoms with Crippen LogP contribution in [0.5, 0.6) is 0 Å². The number of nitrogens with zero attached hydrogens (tertiary/aromatic N) is 1. The lowest BCUT2D eigenvalue weighted by atomic mass is 9.80. The molecule has 0 aliphatic carbocycles. The maximum Gasteiger partial charge on any atom is 0.183 e. The van der Waals surface area contributed by atoms with Crippen LogP contribution in [0.15, 0.2) is 4.99 Å². The average Bonchev–Trinajstić information content (AvgIpc) is 2.32. The Bertz CT molecular complexity index is 167. The van der Waals surface area contributed by atoms with Gasteiger partial charge in [-0.25, -0.2) is 0 Å². The molecule has 0 saturated heterocycles. The molecule has 0 spiro atoms. The molecule has 11 heavy (non-hydrogen) atoms. The number of hydrogen-bond donors (Lipinski definition) is 0. The molecule has 1 atom stereocenters. The van der Waals surface area contributed by atoms with Gasteiger partial charge in [0.25, 0.3) is 0 Å². The summed E-state index contributed by atoms with van der Waals surface area (Å²) in [4.78, 5) is 4.30. The van der Waals surface area contributed by atoms with Gasteiger partial charge < -0.3 is 4.74 Å². The summed E-state index contributed by atoms with van der Waals surface area (Å²) in [6.45, 7) is 7.70. The Kier molecular flexibility index (Phi) is 2.21. The van der Waals surface area contributed by atoms with E-state index in [2.05, 4.69) is 25.8 Å². The first-order chi connectivity index (χ1) is 5.04. The van der Waals surface area contributed by atoms with E-state index in [0.717, 1.165) is 18.9 Å². The van der Waals surface area contributed by atoms with Gasteiger partial charge >= 0.3 is 0 Å². The van der Waals surface area contributed by atoms with Crippen LogP contribution in [-0.2, 0) is 4.74 Å². The number of methoxy groups -OCH3 is 1.